The minimum Gasteiger partial charge on any atom is -0.379 e. The van der Waals surface area contributed by atoms with E-state index in [0.29, 0.717) is 48.0 Å². The molecule has 1 aliphatic heterocycles. The number of amides is 2. The number of carbonyl (C=O) groups is 2. The highest BCUT2D eigenvalue weighted by molar-refractivity contribution is 6.36. The van der Waals surface area contributed by atoms with Crippen molar-refractivity contribution in [3.63, 3.8) is 0 Å². The molecule has 1 saturated heterocycles. The van der Waals surface area contributed by atoms with Crippen LogP contribution < -0.4 is 5.32 Å². The standard InChI is InChI=1S/C32H32Cl3N5O3/c1-21-3-9-26(17-22(21)2)40-19-29(23-4-6-24(33)7-5-23)36-32(40)37-30(41)20-39(12-11-38-13-15-43-16-14-38)31(42)27-10-8-25(34)18-28(27)35/h3-10,17-19H,11-16,20H2,1-2H3,(H,36,37,41). The number of imidazole rings is 1. The van der Waals surface area contributed by atoms with Gasteiger partial charge in [-0.25, -0.2) is 4.98 Å². The highest BCUT2D eigenvalue weighted by Crippen LogP contribution is 2.27. The number of nitrogens with one attached hydrogen (secondary N) is 1. The van der Waals surface area contributed by atoms with Crippen LogP contribution in [0.5, 0.6) is 0 Å². The fourth-order valence-corrected chi connectivity index (χ4v) is 5.43. The zero-order valence-corrected chi connectivity index (χ0v) is 26.2. The molecule has 4 aromatic rings. The van der Waals surface area contributed by atoms with Crippen LogP contribution in [0, 0.1) is 13.8 Å². The molecule has 1 fully saturated rings. The molecular formula is C32H32Cl3N5O3. The zero-order valence-electron chi connectivity index (χ0n) is 23.9. The highest BCUT2D eigenvalue weighted by atomic mass is 35.5. The summed E-state index contributed by atoms with van der Waals surface area (Å²) in [4.78, 5) is 35.7. The van der Waals surface area contributed by atoms with Crippen molar-refractivity contribution in [2.24, 2.45) is 0 Å². The van der Waals surface area contributed by atoms with Crippen molar-refractivity contribution in [2.75, 3.05) is 51.3 Å². The van der Waals surface area contributed by atoms with E-state index in [4.69, 9.17) is 44.5 Å². The van der Waals surface area contributed by atoms with Crippen molar-refractivity contribution < 1.29 is 14.3 Å². The minimum absolute atomic E-state index is 0.196. The van der Waals surface area contributed by atoms with Crippen molar-refractivity contribution in [2.45, 2.75) is 13.8 Å². The van der Waals surface area contributed by atoms with Crippen LogP contribution in [0.2, 0.25) is 15.1 Å². The van der Waals surface area contributed by atoms with Gasteiger partial charge >= 0.3 is 0 Å². The summed E-state index contributed by atoms with van der Waals surface area (Å²) in [7, 11) is 0. The molecule has 8 nitrogen and oxygen atoms in total. The molecule has 3 aromatic carbocycles. The van der Waals surface area contributed by atoms with Crippen molar-refractivity contribution in [3.05, 3.63) is 98.6 Å². The SMILES string of the molecule is Cc1ccc(-n2cc(-c3ccc(Cl)cc3)nc2NC(=O)CN(CCN2CCOCC2)C(=O)c2ccc(Cl)cc2Cl)cc1C. The van der Waals surface area contributed by atoms with E-state index >= 15 is 0 Å². The second-order valence-electron chi connectivity index (χ2n) is 10.4. The minimum atomic E-state index is -0.390. The maximum Gasteiger partial charge on any atom is 0.255 e. The van der Waals surface area contributed by atoms with Crippen molar-refractivity contribution in [3.8, 4) is 16.9 Å². The second-order valence-corrected chi connectivity index (χ2v) is 11.7. The Hall–Kier alpha value is -3.40. The first-order valence-electron chi connectivity index (χ1n) is 13.9. The third-order valence-corrected chi connectivity index (χ3v) is 8.24. The van der Waals surface area contributed by atoms with Gasteiger partial charge in [-0.3, -0.25) is 24.4 Å². The van der Waals surface area contributed by atoms with Crippen molar-refractivity contribution in [1.29, 1.82) is 0 Å². The molecule has 0 unspecified atom stereocenters. The highest BCUT2D eigenvalue weighted by Gasteiger charge is 2.24. The number of anilines is 1. The molecule has 0 saturated carbocycles. The molecule has 0 radical (unpaired) electrons. The van der Waals surface area contributed by atoms with Gasteiger partial charge in [-0.05, 0) is 67.4 Å². The molecule has 224 valence electrons. The first-order valence-corrected chi connectivity index (χ1v) is 15.1. The maximum atomic E-state index is 13.7. The fraction of sp³-hybridized carbons (Fsp3) is 0.281. The third-order valence-electron chi connectivity index (χ3n) is 7.44. The van der Waals surface area contributed by atoms with Gasteiger partial charge in [-0.2, -0.15) is 0 Å². The van der Waals surface area contributed by atoms with Gasteiger partial charge in [-0.1, -0.05) is 53.0 Å². The smallest absolute Gasteiger partial charge is 0.255 e. The monoisotopic (exact) mass is 639 g/mol. The topological polar surface area (TPSA) is 79.7 Å². The van der Waals surface area contributed by atoms with Gasteiger partial charge in [0.25, 0.3) is 5.91 Å². The second kappa shape index (κ2) is 13.9. The molecule has 0 bridgehead atoms. The fourth-order valence-electron chi connectivity index (χ4n) is 4.81. The summed E-state index contributed by atoms with van der Waals surface area (Å²) in [5, 5.41) is 4.22. The van der Waals surface area contributed by atoms with Gasteiger partial charge in [0.05, 0.1) is 29.5 Å². The van der Waals surface area contributed by atoms with Gasteiger partial charge in [0.1, 0.15) is 6.54 Å². The number of halogens is 3. The molecule has 0 atom stereocenters. The lowest BCUT2D eigenvalue weighted by Gasteiger charge is -2.30. The normalized spacial score (nSPS) is 13.6. The quantitative estimate of drug-likeness (QED) is 0.225. The van der Waals surface area contributed by atoms with E-state index in [9.17, 15) is 9.59 Å². The van der Waals surface area contributed by atoms with Crippen LogP contribution in [0.4, 0.5) is 5.95 Å². The molecule has 1 aromatic heterocycles. The van der Waals surface area contributed by atoms with E-state index in [1.165, 1.54) is 11.0 Å². The van der Waals surface area contributed by atoms with Gasteiger partial charge in [-0.15, -0.1) is 0 Å². The first kappa shape index (κ1) is 31.0. The molecule has 1 N–H and O–H groups in total. The molecule has 43 heavy (non-hydrogen) atoms. The number of ether oxygens (including phenoxy) is 1. The number of benzene rings is 3. The number of morpholine rings is 1. The van der Waals surface area contributed by atoms with Crippen LogP contribution in [0.1, 0.15) is 21.5 Å². The molecule has 2 heterocycles. The Bertz CT molecular complexity index is 1620. The molecule has 5 rings (SSSR count). The number of hydrogen-bond donors (Lipinski definition) is 1. The molecule has 0 aliphatic carbocycles. The number of aryl methyl sites for hydroxylation is 2. The first-order chi connectivity index (χ1) is 20.7. The largest absolute Gasteiger partial charge is 0.379 e. The third kappa shape index (κ3) is 7.77. The Balaban J connectivity index is 1.42. The van der Waals surface area contributed by atoms with Crippen molar-refractivity contribution in [1.82, 2.24) is 19.4 Å². The number of carbonyl (C=O) groups excluding carboxylic acids is 2. The lowest BCUT2D eigenvalue weighted by molar-refractivity contribution is -0.117. The lowest BCUT2D eigenvalue weighted by atomic mass is 10.1. The van der Waals surface area contributed by atoms with E-state index in [1.807, 2.05) is 54.9 Å². The summed E-state index contributed by atoms with van der Waals surface area (Å²) >= 11 is 18.6. The van der Waals surface area contributed by atoms with Gasteiger partial charge in [0, 0.05) is 53.7 Å². The number of nitrogens with zero attached hydrogens (tertiary/aromatic N) is 4. The molecule has 0 spiro atoms. The van der Waals surface area contributed by atoms with Crippen LogP contribution in [-0.4, -0.2) is 77.1 Å². The summed E-state index contributed by atoms with van der Waals surface area (Å²) in [6.07, 6.45) is 1.87. The number of rotatable bonds is 9. The molecule has 2 amide bonds. The Kier molecular flexibility index (Phi) is 10.1. The van der Waals surface area contributed by atoms with Crippen LogP contribution in [0.25, 0.3) is 16.9 Å². The average Bonchev–Trinajstić information content (AvgIpc) is 3.40. The van der Waals surface area contributed by atoms with E-state index in [1.54, 1.807) is 24.3 Å². The van der Waals surface area contributed by atoms with Crippen molar-refractivity contribution >= 4 is 52.6 Å². The summed E-state index contributed by atoms with van der Waals surface area (Å²) in [6, 6.07) is 18.1. The van der Waals surface area contributed by atoms with Crippen LogP contribution in [0.15, 0.2) is 66.9 Å². The van der Waals surface area contributed by atoms with Gasteiger partial charge < -0.3 is 9.64 Å². The summed E-state index contributed by atoms with van der Waals surface area (Å²) in [5.41, 5.74) is 4.90. The molecular weight excluding hydrogens is 609 g/mol. The Morgan fingerprint density at radius 2 is 1.65 bits per heavy atom. The Morgan fingerprint density at radius 1 is 0.930 bits per heavy atom. The predicted octanol–water partition coefficient (Wildman–Crippen LogP) is 6.53. The Labute approximate surface area is 266 Å². The predicted molar refractivity (Wildman–Crippen MR) is 172 cm³/mol. The molecule has 1 aliphatic rings. The lowest BCUT2D eigenvalue weighted by Crippen LogP contribution is -2.45. The Morgan fingerprint density at radius 3 is 2.35 bits per heavy atom. The maximum absolute atomic E-state index is 13.7. The average molecular weight is 641 g/mol. The van der Waals surface area contributed by atoms with Gasteiger partial charge in [0.15, 0.2) is 0 Å². The van der Waals surface area contributed by atoms with Gasteiger partial charge in [0.2, 0.25) is 11.9 Å². The van der Waals surface area contributed by atoms with E-state index in [-0.39, 0.29) is 23.0 Å². The molecule has 11 heteroatoms. The van der Waals surface area contributed by atoms with Crippen LogP contribution in [0.3, 0.4) is 0 Å². The van der Waals surface area contributed by atoms with E-state index < -0.39 is 5.91 Å². The van der Waals surface area contributed by atoms with E-state index in [2.05, 4.69) is 10.2 Å². The summed E-state index contributed by atoms with van der Waals surface area (Å²) in [6.45, 7) is 7.59. The summed E-state index contributed by atoms with van der Waals surface area (Å²) in [5.74, 6) is -0.411. The number of hydrogen-bond acceptors (Lipinski definition) is 5. The van der Waals surface area contributed by atoms with Crippen LogP contribution >= 0.6 is 34.8 Å². The number of aromatic nitrogens is 2. The van der Waals surface area contributed by atoms with Crippen LogP contribution in [-0.2, 0) is 9.53 Å². The van der Waals surface area contributed by atoms with E-state index in [0.717, 1.165) is 35.5 Å². The summed E-state index contributed by atoms with van der Waals surface area (Å²) < 4.78 is 7.29. The zero-order chi connectivity index (χ0) is 30.5.